The minimum atomic E-state index is -0.307. The van der Waals surface area contributed by atoms with Crippen molar-refractivity contribution in [3.63, 3.8) is 0 Å². The van der Waals surface area contributed by atoms with Crippen LogP contribution in [-0.4, -0.2) is 29.2 Å². The molecular formula is C7H12O2S2. The molecule has 0 atom stereocenters. The molecule has 0 aromatic heterocycles. The first-order valence-electron chi connectivity index (χ1n) is 3.53. The normalized spacial score (nSPS) is 22.9. The zero-order valence-corrected chi connectivity index (χ0v) is 8.39. The second-order valence-electron chi connectivity index (χ2n) is 2.40. The number of ether oxygens (including phenoxy) is 1. The molecule has 0 unspecified atom stereocenters. The molecule has 0 radical (unpaired) electrons. The Bertz CT molecular complexity index is 155. The van der Waals surface area contributed by atoms with Gasteiger partial charge in [0.25, 0.3) is 0 Å². The summed E-state index contributed by atoms with van der Waals surface area (Å²) in [6.45, 7) is 0.599. The Morgan fingerprint density at radius 2 is 2.09 bits per heavy atom. The van der Waals surface area contributed by atoms with Crippen LogP contribution in [0.25, 0.3) is 0 Å². The number of thioether (sulfide) groups is 2. The molecule has 0 amide bonds. The van der Waals surface area contributed by atoms with Crippen molar-refractivity contribution in [1.29, 1.82) is 0 Å². The topological polar surface area (TPSA) is 26.3 Å². The van der Waals surface area contributed by atoms with E-state index in [2.05, 4.69) is 0 Å². The van der Waals surface area contributed by atoms with E-state index in [4.69, 9.17) is 4.74 Å². The first-order chi connectivity index (χ1) is 5.25. The van der Waals surface area contributed by atoms with Crippen LogP contribution in [-0.2, 0) is 9.53 Å². The van der Waals surface area contributed by atoms with Gasteiger partial charge in [0, 0.05) is 0 Å². The minimum absolute atomic E-state index is 0.0521. The fourth-order valence-corrected chi connectivity index (χ4v) is 2.95. The van der Waals surface area contributed by atoms with Crippen LogP contribution < -0.4 is 0 Å². The molecule has 0 spiro atoms. The molecule has 0 aromatic rings. The Balaban J connectivity index is 2.69. The molecule has 1 saturated heterocycles. The van der Waals surface area contributed by atoms with Crippen LogP contribution in [0, 0.1) is 0 Å². The summed E-state index contributed by atoms with van der Waals surface area (Å²) in [6.07, 6.45) is 5.85. The van der Waals surface area contributed by atoms with Crippen molar-refractivity contribution in [3.05, 3.63) is 0 Å². The molecule has 1 rings (SSSR count). The van der Waals surface area contributed by atoms with E-state index in [0.29, 0.717) is 6.61 Å². The standard InChI is InChI=1S/C7H12O2S2/c1-10-7(11-2)4-3-5-9-6(7)8/h3-5H2,1-2H3. The molecule has 64 valence electrons. The van der Waals surface area contributed by atoms with Crippen LogP contribution in [0.4, 0.5) is 0 Å². The van der Waals surface area contributed by atoms with Crippen molar-refractivity contribution < 1.29 is 9.53 Å². The predicted octanol–water partition coefficient (Wildman–Crippen LogP) is 1.75. The van der Waals surface area contributed by atoms with Crippen molar-refractivity contribution in [2.45, 2.75) is 16.9 Å². The van der Waals surface area contributed by atoms with E-state index in [-0.39, 0.29) is 10.0 Å². The summed E-state index contributed by atoms with van der Waals surface area (Å²) in [4.78, 5) is 11.3. The van der Waals surface area contributed by atoms with Gasteiger partial charge < -0.3 is 4.74 Å². The summed E-state index contributed by atoms with van der Waals surface area (Å²) in [7, 11) is 0. The van der Waals surface area contributed by atoms with Gasteiger partial charge in [-0.3, -0.25) is 0 Å². The van der Waals surface area contributed by atoms with Gasteiger partial charge in [-0.2, -0.15) is 0 Å². The Hall–Kier alpha value is 0.170. The molecule has 4 heteroatoms. The zero-order valence-electron chi connectivity index (χ0n) is 6.75. The third-order valence-electron chi connectivity index (χ3n) is 1.85. The third kappa shape index (κ3) is 1.67. The molecule has 0 bridgehead atoms. The van der Waals surface area contributed by atoms with Gasteiger partial charge in [-0.1, -0.05) is 0 Å². The number of hydrogen-bond donors (Lipinski definition) is 0. The van der Waals surface area contributed by atoms with Crippen LogP contribution in [0.2, 0.25) is 0 Å². The Labute approximate surface area is 75.4 Å². The van der Waals surface area contributed by atoms with Gasteiger partial charge in [-0.05, 0) is 25.4 Å². The zero-order chi connectivity index (χ0) is 8.32. The van der Waals surface area contributed by atoms with Gasteiger partial charge in [0.2, 0.25) is 0 Å². The van der Waals surface area contributed by atoms with Crippen molar-refractivity contribution in [1.82, 2.24) is 0 Å². The fraction of sp³-hybridized carbons (Fsp3) is 0.857. The van der Waals surface area contributed by atoms with E-state index in [0.717, 1.165) is 12.8 Å². The predicted molar refractivity (Wildman–Crippen MR) is 50.0 cm³/mol. The van der Waals surface area contributed by atoms with E-state index < -0.39 is 0 Å². The highest BCUT2D eigenvalue weighted by atomic mass is 32.2. The molecule has 0 saturated carbocycles. The largest absolute Gasteiger partial charge is 0.464 e. The highest BCUT2D eigenvalue weighted by molar-refractivity contribution is 8.18. The van der Waals surface area contributed by atoms with Crippen LogP contribution in [0.15, 0.2) is 0 Å². The van der Waals surface area contributed by atoms with Crippen molar-refractivity contribution in [3.8, 4) is 0 Å². The summed E-state index contributed by atoms with van der Waals surface area (Å²) in [6, 6.07) is 0. The molecule has 0 aliphatic carbocycles. The quantitative estimate of drug-likeness (QED) is 0.492. The van der Waals surface area contributed by atoms with Gasteiger partial charge in [0.05, 0.1) is 6.61 Å². The molecule has 0 aromatic carbocycles. The maximum absolute atomic E-state index is 11.3. The number of cyclic esters (lactones) is 1. The van der Waals surface area contributed by atoms with Gasteiger partial charge in [0.1, 0.15) is 0 Å². The lowest BCUT2D eigenvalue weighted by molar-refractivity contribution is -0.147. The molecule has 1 aliphatic rings. The van der Waals surface area contributed by atoms with E-state index in [1.54, 1.807) is 23.5 Å². The number of esters is 1. The number of carbonyl (C=O) groups excluding carboxylic acids is 1. The molecule has 1 aliphatic heterocycles. The van der Waals surface area contributed by atoms with E-state index >= 15 is 0 Å². The Morgan fingerprint density at radius 1 is 1.45 bits per heavy atom. The van der Waals surface area contributed by atoms with E-state index in [9.17, 15) is 4.79 Å². The Morgan fingerprint density at radius 3 is 2.45 bits per heavy atom. The Kier molecular flexibility index (Phi) is 3.13. The van der Waals surface area contributed by atoms with Gasteiger partial charge >= 0.3 is 5.97 Å². The molecule has 0 N–H and O–H groups in total. The highest BCUT2D eigenvalue weighted by Crippen LogP contribution is 2.41. The first-order valence-corrected chi connectivity index (χ1v) is 5.97. The van der Waals surface area contributed by atoms with Gasteiger partial charge in [0.15, 0.2) is 4.08 Å². The van der Waals surface area contributed by atoms with E-state index in [1.165, 1.54) is 0 Å². The molecule has 2 nitrogen and oxygen atoms in total. The second-order valence-corrected chi connectivity index (χ2v) is 4.87. The lowest BCUT2D eigenvalue weighted by Gasteiger charge is -2.31. The van der Waals surface area contributed by atoms with Crippen LogP contribution >= 0.6 is 23.5 Å². The minimum Gasteiger partial charge on any atom is -0.464 e. The van der Waals surface area contributed by atoms with Gasteiger partial charge in [-0.25, -0.2) is 4.79 Å². The number of hydrogen-bond acceptors (Lipinski definition) is 4. The average molecular weight is 192 g/mol. The average Bonchev–Trinajstić information content (AvgIpc) is 2.06. The lowest BCUT2D eigenvalue weighted by Crippen LogP contribution is -2.37. The molecule has 11 heavy (non-hydrogen) atoms. The third-order valence-corrected chi connectivity index (χ3v) is 4.91. The van der Waals surface area contributed by atoms with Gasteiger partial charge in [-0.15, -0.1) is 23.5 Å². The van der Waals surface area contributed by atoms with E-state index in [1.807, 2.05) is 12.5 Å². The highest BCUT2D eigenvalue weighted by Gasteiger charge is 2.40. The van der Waals surface area contributed by atoms with Crippen LogP contribution in [0.3, 0.4) is 0 Å². The summed E-state index contributed by atoms with van der Waals surface area (Å²) >= 11 is 3.18. The monoisotopic (exact) mass is 192 g/mol. The van der Waals surface area contributed by atoms with Crippen LogP contribution in [0.1, 0.15) is 12.8 Å². The van der Waals surface area contributed by atoms with Crippen molar-refractivity contribution in [2.24, 2.45) is 0 Å². The first kappa shape index (κ1) is 9.26. The summed E-state index contributed by atoms with van der Waals surface area (Å²) in [5.41, 5.74) is 0. The SMILES string of the molecule is CSC1(SC)CCCOC1=O. The number of rotatable bonds is 2. The maximum atomic E-state index is 11.3. The summed E-state index contributed by atoms with van der Waals surface area (Å²) in [5.74, 6) is -0.0521. The summed E-state index contributed by atoms with van der Waals surface area (Å²) < 4.78 is 4.69. The van der Waals surface area contributed by atoms with Crippen molar-refractivity contribution >= 4 is 29.5 Å². The van der Waals surface area contributed by atoms with Crippen molar-refractivity contribution in [2.75, 3.05) is 19.1 Å². The molecule has 1 heterocycles. The molecule has 1 fully saturated rings. The lowest BCUT2D eigenvalue weighted by atomic mass is 10.2. The molecular weight excluding hydrogens is 180 g/mol. The smallest absolute Gasteiger partial charge is 0.332 e. The fourth-order valence-electron chi connectivity index (χ4n) is 1.14. The number of carbonyl (C=O) groups is 1. The second kappa shape index (κ2) is 3.72. The maximum Gasteiger partial charge on any atom is 0.332 e. The van der Waals surface area contributed by atoms with Crippen LogP contribution in [0.5, 0.6) is 0 Å². The summed E-state index contributed by atoms with van der Waals surface area (Å²) in [5, 5.41) is 0.